The summed E-state index contributed by atoms with van der Waals surface area (Å²) in [5, 5.41) is 11.2. The van der Waals surface area contributed by atoms with Gasteiger partial charge in [0.1, 0.15) is 5.75 Å². The number of nitrogens with one attached hydrogen (secondary N) is 2. The quantitative estimate of drug-likeness (QED) is 0.152. The van der Waals surface area contributed by atoms with Gasteiger partial charge in [-0.15, -0.1) is 0 Å². The third-order valence-electron chi connectivity index (χ3n) is 6.70. The number of amides is 2. The highest BCUT2D eigenvalue weighted by molar-refractivity contribution is 9.10. The molecule has 0 aliphatic carbocycles. The highest BCUT2D eigenvalue weighted by atomic mass is 79.9. The third-order valence-corrected chi connectivity index (χ3v) is 7.30. The zero-order valence-electron chi connectivity index (χ0n) is 24.4. The second-order valence-electron chi connectivity index (χ2n) is 10.4. The van der Waals surface area contributed by atoms with Crippen LogP contribution in [-0.4, -0.2) is 63.8 Å². The van der Waals surface area contributed by atoms with E-state index in [2.05, 4.69) is 43.4 Å². The first-order chi connectivity index (χ1) is 20.4. The average molecular weight is 637 g/mol. The molecule has 42 heavy (non-hydrogen) atoms. The molecule has 2 N–H and O–H groups in total. The molecule has 3 aromatic heterocycles. The fourth-order valence-electron chi connectivity index (χ4n) is 4.47. The molecule has 0 saturated heterocycles. The maximum absolute atomic E-state index is 12.9. The largest absolute Gasteiger partial charge is 0.412 e. The van der Waals surface area contributed by atoms with Crippen molar-refractivity contribution < 1.29 is 14.3 Å². The topological polar surface area (TPSA) is 114 Å². The minimum Gasteiger partial charge on any atom is -0.410 e. The van der Waals surface area contributed by atoms with Crippen molar-refractivity contribution in [2.24, 2.45) is 0 Å². The molecule has 0 saturated carbocycles. The van der Waals surface area contributed by atoms with Crippen LogP contribution in [0.15, 0.2) is 59.3 Å². The van der Waals surface area contributed by atoms with E-state index in [4.69, 9.17) is 14.8 Å². The van der Waals surface area contributed by atoms with Gasteiger partial charge in [0, 0.05) is 35.5 Å². The number of carbonyl (C=O) groups excluding carboxylic acids is 2. The summed E-state index contributed by atoms with van der Waals surface area (Å²) < 4.78 is 8.05. The number of aryl methyl sites for hydroxylation is 1. The van der Waals surface area contributed by atoms with Crippen LogP contribution in [0.3, 0.4) is 0 Å². The molecule has 0 unspecified atom stereocenters. The molecule has 0 fully saturated rings. The van der Waals surface area contributed by atoms with E-state index in [-0.39, 0.29) is 5.91 Å². The fraction of sp³-hybridized carbons (Fsp3) is 0.387. The number of ether oxygens (including phenoxy) is 1. The molecule has 4 rings (SSSR count). The van der Waals surface area contributed by atoms with Gasteiger partial charge in [-0.1, -0.05) is 32.6 Å². The Morgan fingerprint density at radius 2 is 1.83 bits per heavy atom. The summed E-state index contributed by atoms with van der Waals surface area (Å²) in [6.45, 7) is 4.32. The van der Waals surface area contributed by atoms with E-state index in [1.165, 1.54) is 25.5 Å². The van der Waals surface area contributed by atoms with Crippen LogP contribution in [-0.2, 0) is 6.54 Å². The number of halogens is 1. The average Bonchev–Trinajstić information content (AvgIpc) is 3.31. The zero-order chi connectivity index (χ0) is 29.9. The van der Waals surface area contributed by atoms with Crippen LogP contribution < -0.4 is 15.4 Å². The smallest absolute Gasteiger partial charge is 0.410 e. The van der Waals surface area contributed by atoms with Gasteiger partial charge in [0.15, 0.2) is 11.5 Å². The van der Waals surface area contributed by atoms with Gasteiger partial charge in [0.25, 0.3) is 5.91 Å². The normalized spacial score (nSPS) is 11.2. The van der Waals surface area contributed by atoms with Gasteiger partial charge in [-0.25, -0.2) is 14.5 Å². The van der Waals surface area contributed by atoms with Crippen molar-refractivity contribution in [3.05, 3.63) is 64.9 Å². The van der Waals surface area contributed by atoms with E-state index in [0.717, 1.165) is 46.9 Å². The van der Waals surface area contributed by atoms with Gasteiger partial charge in [-0.3, -0.25) is 9.78 Å². The maximum atomic E-state index is 12.9. The number of benzene rings is 1. The summed E-state index contributed by atoms with van der Waals surface area (Å²) >= 11 is 3.67. The number of aromatic nitrogens is 4. The molecule has 2 amide bonds. The number of anilines is 1. The second kappa shape index (κ2) is 15.4. The van der Waals surface area contributed by atoms with Crippen molar-refractivity contribution in [1.82, 2.24) is 30.0 Å². The van der Waals surface area contributed by atoms with Gasteiger partial charge in [-0.05, 0) is 91.9 Å². The molecule has 10 nitrogen and oxygen atoms in total. The molecule has 1 aromatic carbocycles. The second-order valence-corrected chi connectivity index (χ2v) is 11.2. The standard InChI is InChI=1S/C31H38BrN7O3/c1-4-5-6-7-8-19-39-29-25(28(37-39)36-30(40)23-11-9-16-33-21-23)20-26(32)27(35-29)22-12-14-24(15-13-22)42-31(41)34-17-10-18-38(2)3/h9,11-16,20-21H,4-8,10,17-19H2,1-3H3,(H,34,41)(H,36,37,40). The first-order valence-electron chi connectivity index (χ1n) is 14.3. The monoisotopic (exact) mass is 635 g/mol. The Kier molecular flexibility index (Phi) is 11.4. The van der Waals surface area contributed by atoms with Crippen LogP contribution in [0, 0.1) is 0 Å². The molecule has 4 aromatic rings. The van der Waals surface area contributed by atoms with E-state index >= 15 is 0 Å². The SMILES string of the molecule is CCCCCCCn1nc(NC(=O)c2cccnc2)c2cc(Br)c(-c3ccc(OC(=O)NCCCN(C)C)cc3)nc21. The van der Waals surface area contributed by atoms with Crippen LogP contribution in [0.5, 0.6) is 5.75 Å². The molecule has 0 atom stereocenters. The van der Waals surface area contributed by atoms with Gasteiger partial charge in [0.05, 0.1) is 16.6 Å². The molecule has 0 radical (unpaired) electrons. The van der Waals surface area contributed by atoms with E-state index in [1.807, 2.05) is 37.0 Å². The van der Waals surface area contributed by atoms with Crippen LogP contribution in [0.2, 0.25) is 0 Å². The lowest BCUT2D eigenvalue weighted by Gasteiger charge is -2.11. The molecule has 3 heterocycles. The van der Waals surface area contributed by atoms with Crippen molar-refractivity contribution in [1.29, 1.82) is 0 Å². The van der Waals surface area contributed by atoms with Crippen LogP contribution in [0.1, 0.15) is 55.8 Å². The van der Waals surface area contributed by atoms with Crippen molar-refractivity contribution in [2.45, 2.75) is 52.0 Å². The van der Waals surface area contributed by atoms with Crippen molar-refractivity contribution in [3.8, 4) is 17.0 Å². The third kappa shape index (κ3) is 8.59. The number of pyridine rings is 2. The summed E-state index contributed by atoms with van der Waals surface area (Å²) in [4.78, 5) is 36.2. The van der Waals surface area contributed by atoms with Gasteiger partial charge >= 0.3 is 6.09 Å². The molecule has 0 aliphatic rings. The fourth-order valence-corrected chi connectivity index (χ4v) is 5.02. The Bertz CT molecular complexity index is 1470. The molecule has 0 aliphatic heterocycles. The zero-order valence-corrected chi connectivity index (χ0v) is 26.0. The number of hydrogen-bond acceptors (Lipinski definition) is 7. The van der Waals surface area contributed by atoms with Gasteiger partial charge in [0.2, 0.25) is 0 Å². The maximum Gasteiger partial charge on any atom is 0.412 e. The lowest BCUT2D eigenvalue weighted by atomic mass is 10.1. The van der Waals surface area contributed by atoms with Crippen LogP contribution in [0.25, 0.3) is 22.3 Å². The minimum absolute atomic E-state index is 0.282. The highest BCUT2D eigenvalue weighted by Crippen LogP contribution is 2.33. The number of carbonyl (C=O) groups is 2. The molecule has 222 valence electrons. The van der Waals surface area contributed by atoms with Crippen molar-refractivity contribution in [2.75, 3.05) is 32.5 Å². The Balaban J connectivity index is 1.54. The molecule has 0 bridgehead atoms. The first kappa shape index (κ1) is 31.1. The van der Waals surface area contributed by atoms with Crippen molar-refractivity contribution >= 4 is 44.8 Å². The number of unbranched alkanes of at least 4 members (excludes halogenated alkanes) is 4. The summed E-state index contributed by atoms with van der Waals surface area (Å²) in [5.74, 6) is 0.612. The molecular weight excluding hydrogens is 598 g/mol. The number of hydrogen-bond donors (Lipinski definition) is 2. The summed E-state index contributed by atoms with van der Waals surface area (Å²) in [6.07, 6.45) is 9.13. The summed E-state index contributed by atoms with van der Waals surface area (Å²) in [6, 6.07) is 12.6. The Morgan fingerprint density at radius 1 is 1.05 bits per heavy atom. The number of fused-ring (bicyclic) bond motifs is 1. The predicted molar refractivity (Wildman–Crippen MR) is 169 cm³/mol. The van der Waals surface area contributed by atoms with E-state index in [1.54, 1.807) is 30.5 Å². The van der Waals surface area contributed by atoms with Gasteiger partial charge in [-0.2, -0.15) is 5.10 Å². The highest BCUT2D eigenvalue weighted by Gasteiger charge is 2.19. The summed E-state index contributed by atoms with van der Waals surface area (Å²) in [7, 11) is 3.99. The number of rotatable bonds is 14. The lowest BCUT2D eigenvalue weighted by molar-refractivity contribution is 0.102. The Labute approximate surface area is 255 Å². The first-order valence-corrected chi connectivity index (χ1v) is 15.1. The minimum atomic E-state index is -0.481. The van der Waals surface area contributed by atoms with E-state index < -0.39 is 6.09 Å². The van der Waals surface area contributed by atoms with Crippen LogP contribution in [0.4, 0.5) is 10.6 Å². The number of nitrogens with zero attached hydrogens (tertiary/aromatic N) is 5. The molecular formula is C31H38BrN7O3. The van der Waals surface area contributed by atoms with Crippen molar-refractivity contribution in [3.63, 3.8) is 0 Å². The van der Waals surface area contributed by atoms with E-state index in [0.29, 0.717) is 35.9 Å². The van der Waals surface area contributed by atoms with E-state index in [9.17, 15) is 9.59 Å². The van der Waals surface area contributed by atoms with Crippen LogP contribution >= 0.6 is 15.9 Å². The summed E-state index contributed by atoms with van der Waals surface area (Å²) in [5.41, 5.74) is 2.70. The lowest BCUT2D eigenvalue weighted by Crippen LogP contribution is -2.29. The molecule has 11 heteroatoms. The Hall–Kier alpha value is -3.83. The molecule has 0 spiro atoms. The predicted octanol–water partition coefficient (Wildman–Crippen LogP) is 6.52. The van der Waals surface area contributed by atoms with Gasteiger partial charge < -0.3 is 20.3 Å². The Morgan fingerprint density at radius 3 is 2.55 bits per heavy atom.